The number of benzene rings is 1. The molecule has 0 bridgehead atoms. The number of anilines is 1. The molecule has 0 radical (unpaired) electrons. The topological polar surface area (TPSA) is 67.6 Å². The van der Waals surface area contributed by atoms with E-state index in [-0.39, 0.29) is 5.69 Å². The lowest BCUT2D eigenvalue weighted by atomic mass is 10.2. The SMILES string of the molecule is COc1cc(NCC(C)N(C)C2CC2)cc([N+](=O)[O-])c1. The van der Waals surface area contributed by atoms with Gasteiger partial charge in [-0.25, -0.2) is 0 Å². The van der Waals surface area contributed by atoms with E-state index >= 15 is 0 Å². The van der Waals surface area contributed by atoms with Crippen molar-refractivity contribution in [3.8, 4) is 5.75 Å². The van der Waals surface area contributed by atoms with Gasteiger partial charge in [-0.3, -0.25) is 15.0 Å². The molecule has 0 aromatic heterocycles. The maximum atomic E-state index is 10.9. The Hall–Kier alpha value is -1.82. The molecule has 2 rings (SSSR count). The first kappa shape index (κ1) is 14.6. The highest BCUT2D eigenvalue weighted by atomic mass is 16.6. The van der Waals surface area contributed by atoms with E-state index in [1.807, 2.05) is 0 Å². The standard InChI is InChI=1S/C14H21N3O3/c1-10(16(2)12-4-5-12)9-15-11-6-13(17(18)19)8-14(7-11)20-3/h6-8,10,12,15H,4-5,9H2,1-3H3. The molecule has 1 saturated carbocycles. The molecule has 0 saturated heterocycles. The summed E-state index contributed by atoms with van der Waals surface area (Å²) < 4.78 is 5.09. The molecule has 1 fully saturated rings. The second-order valence-corrected chi connectivity index (χ2v) is 5.30. The van der Waals surface area contributed by atoms with E-state index in [0.29, 0.717) is 23.5 Å². The number of rotatable bonds is 7. The van der Waals surface area contributed by atoms with Gasteiger partial charge in [-0.2, -0.15) is 0 Å². The zero-order valence-electron chi connectivity index (χ0n) is 12.1. The predicted molar refractivity (Wildman–Crippen MR) is 78.4 cm³/mol. The molecule has 1 aliphatic carbocycles. The largest absolute Gasteiger partial charge is 0.496 e. The van der Waals surface area contributed by atoms with Crippen LogP contribution in [0.25, 0.3) is 0 Å². The Morgan fingerprint density at radius 1 is 1.50 bits per heavy atom. The van der Waals surface area contributed by atoms with E-state index in [2.05, 4.69) is 24.2 Å². The lowest BCUT2D eigenvalue weighted by molar-refractivity contribution is -0.384. The van der Waals surface area contributed by atoms with Crippen LogP contribution in [0.1, 0.15) is 19.8 Å². The fraction of sp³-hybridized carbons (Fsp3) is 0.571. The Morgan fingerprint density at radius 2 is 2.20 bits per heavy atom. The van der Waals surface area contributed by atoms with Gasteiger partial charge in [0.2, 0.25) is 0 Å². The molecular weight excluding hydrogens is 258 g/mol. The maximum absolute atomic E-state index is 10.9. The average molecular weight is 279 g/mol. The van der Waals surface area contributed by atoms with E-state index in [1.165, 1.54) is 32.1 Å². The van der Waals surface area contributed by atoms with E-state index < -0.39 is 4.92 Å². The van der Waals surface area contributed by atoms with Gasteiger partial charge in [0.25, 0.3) is 5.69 Å². The molecule has 0 spiro atoms. The predicted octanol–water partition coefficient (Wildman–Crippen LogP) is 2.50. The quantitative estimate of drug-likeness (QED) is 0.613. The third-order valence-electron chi connectivity index (χ3n) is 3.76. The molecule has 0 heterocycles. The molecule has 1 aromatic rings. The Bertz CT molecular complexity index is 489. The number of hydrogen-bond acceptors (Lipinski definition) is 5. The normalized spacial score (nSPS) is 16.0. The van der Waals surface area contributed by atoms with E-state index in [4.69, 9.17) is 4.74 Å². The van der Waals surface area contributed by atoms with Gasteiger partial charge in [-0.15, -0.1) is 0 Å². The summed E-state index contributed by atoms with van der Waals surface area (Å²) in [5, 5.41) is 14.1. The number of non-ortho nitro benzene ring substituents is 1. The molecule has 1 unspecified atom stereocenters. The first-order valence-electron chi connectivity index (χ1n) is 6.80. The van der Waals surface area contributed by atoms with Crippen LogP contribution in [-0.2, 0) is 0 Å². The van der Waals surface area contributed by atoms with Crippen LogP contribution in [0.5, 0.6) is 5.75 Å². The summed E-state index contributed by atoms with van der Waals surface area (Å²) in [6.07, 6.45) is 2.54. The zero-order valence-corrected chi connectivity index (χ0v) is 12.1. The number of nitrogens with one attached hydrogen (secondary N) is 1. The van der Waals surface area contributed by atoms with Gasteiger partial charge < -0.3 is 10.1 Å². The van der Waals surface area contributed by atoms with E-state index in [1.54, 1.807) is 6.07 Å². The number of hydrogen-bond donors (Lipinski definition) is 1. The van der Waals surface area contributed by atoms with Crippen LogP contribution in [0.4, 0.5) is 11.4 Å². The number of nitro groups is 1. The van der Waals surface area contributed by atoms with Crippen molar-refractivity contribution in [1.82, 2.24) is 4.90 Å². The van der Waals surface area contributed by atoms with Crippen LogP contribution < -0.4 is 10.1 Å². The van der Waals surface area contributed by atoms with Crippen molar-refractivity contribution in [3.05, 3.63) is 28.3 Å². The number of nitrogens with zero attached hydrogens (tertiary/aromatic N) is 2. The maximum Gasteiger partial charge on any atom is 0.275 e. The molecule has 0 aliphatic heterocycles. The van der Waals surface area contributed by atoms with Crippen molar-refractivity contribution < 1.29 is 9.66 Å². The van der Waals surface area contributed by atoms with Crippen LogP contribution in [0, 0.1) is 10.1 Å². The highest BCUT2D eigenvalue weighted by Crippen LogP contribution is 2.28. The third-order valence-corrected chi connectivity index (χ3v) is 3.76. The Labute approximate surface area is 118 Å². The van der Waals surface area contributed by atoms with Gasteiger partial charge in [0.1, 0.15) is 5.75 Å². The lowest BCUT2D eigenvalue weighted by Crippen LogP contribution is -2.36. The van der Waals surface area contributed by atoms with Crippen LogP contribution in [0.2, 0.25) is 0 Å². The minimum absolute atomic E-state index is 0.0371. The van der Waals surface area contributed by atoms with Gasteiger partial charge in [0, 0.05) is 36.4 Å². The summed E-state index contributed by atoms with van der Waals surface area (Å²) in [7, 11) is 3.63. The molecule has 1 N–H and O–H groups in total. The summed E-state index contributed by atoms with van der Waals surface area (Å²) >= 11 is 0. The van der Waals surface area contributed by atoms with Gasteiger partial charge in [-0.1, -0.05) is 0 Å². The summed E-state index contributed by atoms with van der Waals surface area (Å²) in [6.45, 7) is 2.90. The summed E-state index contributed by atoms with van der Waals surface area (Å²) in [4.78, 5) is 12.8. The first-order valence-corrected chi connectivity index (χ1v) is 6.80. The highest BCUT2D eigenvalue weighted by molar-refractivity contribution is 5.56. The Kier molecular flexibility index (Phi) is 4.44. The molecule has 110 valence electrons. The summed E-state index contributed by atoms with van der Waals surface area (Å²) in [5.41, 5.74) is 0.752. The molecule has 6 heteroatoms. The molecule has 1 atom stereocenters. The van der Waals surface area contributed by atoms with E-state index in [0.717, 1.165) is 6.54 Å². The smallest absolute Gasteiger partial charge is 0.275 e. The van der Waals surface area contributed by atoms with Crippen molar-refractivity contribution >= 4 is 11.4 Å². The Morgan fingerprint density at radius 3 is 2.75 bits per heavy atom. The van der Waals surface area contributed by atoms with Crippen molar-refractivity contribution in [1.29, 1.82) is 0 Å². The minimum Gasteiger partial charge on any atom is -0.496 e. The average Bonchev–Trinajstić information content (AvgIpc) is 3.27. The second-order valence-electron chi connectivity index (χ2n) is 5.30. The monoisotopic (exact) mass is 279 g/mol. The summed E-state index contributed by atoms with van der Waals surface area (Å²) in [6, 6.07) is 5.81. The zero-order chi connectivity index (χ0) is 14.7. The number of nitro benzene ring substituents is 1. The molecule has 0 amide bonds. The lowest BCUT2D eigenvalue weighted by Gasteiger charge is -2.25. The summed E-state index contributed by atoms with van der Waals surface area (Å²) in [5.74, 6) is 0.491. The van der Waals surface area contributed by atoms with E-state index in [9.17, 15) is 10.1 Å². The first-order chi connectivity index (χ1) is 9.51. The molecule has 1 aromatic carbocycles. The third kappa shape index (κ3) is 3.60. The highest BCUT2D eigenvalue weighted by Gasteiger charge is 2.28. The molecule has 6 nitrogen and oxygen atoms in total. The van der Waals surface area contributed by atoms with Gasteiger partial charge in [-0.05, 0) is 26.8 Å². The van der Waals surface area contributed by atoms with Crippen molar-refractivity contribution in [2.24, 2.45) is 0 Å². The van der Waals surface area contributed by atoms with Crippen LogP contribution in [0.15, 0.2) is 18.2 Å². The number of methoxy groups -OCH3 is 1. The van der Waals surface area contributed by atoms with Gasteiger partial charge in [0.15, 0.2) is 0 Å². The van der Waals surface area contributed by atoms with Crippen molar-refractivity contribution in [2.45, 2.75) is 31.8 Å². The second kappa shape index (κ2) is 6.09. The fourth-order valence-corrected chi connectivity index (χ4v) is 2.16. The van der Waals surface area contributed by atoms with Gasteiger partial charge in [0.05, 0.1) is 18.1 Å². The van der Waals surface area contributed by atoms with Crippen molar-refractivity contribution in [2.75, 3.05) is 26.0 Å². The molecule has 1 aliphatic rings. The minimum atomic E-state index is -0.409. The molecular formula is C14H21N3O3. The van der Waals surface area contributed by atoms with Crippen molar-refractivity contribution in [3.63, 3.8) is 0 Å². The van der Waals surface area contributed by atoms with Crippen LogP contribution in [0.3, 0.4) is 0 Å². The number of likely N-dealkylation sites (N-methyl/N-ethyl adjacent to an activating group) is 1. The fourth-order valence-electron chi connectivity index (χ4n) is 2.16. The van der Waals surface area contributed by atoms with Crippen LogP contribution >= 0.6 is 0 Å². The van der Waals surface area contributed by atoms with Crippen LogP contribution in [-0.4, -0.2) is 42.6 Å². The van der Waals surface area contributed by atoms with Gasteiger partial charge >= 0.3 is 0 Å². The molecule has 20 heavy (non-hydrogen) atoms. The number of ether oxygens (including phenoxy) is 1. The Balaban J connectivity index is 2.00.